The maximum Gasteiger partial charge on any atom is 0.289 e. The zero-order valence-electron chi connectivity index (χ0n) is 9.57. The molecule has 17 heavy (non-hydrogen) atoms. The summed E-state index contributed by atoms with van der Waals surface area (Å²) in [5.41, 5.74) is 0.853. The number of carbonyl (C=O) groups excluding carboxylic acids is 1. The fraction of sp³-hybridized carbons (Fsp3) is 0.250. The van der Waals surface area contributed by atoms with Crippen LogP contribution in [0.2, 0.25) is 4.34 Å². The van der Waals surface area contributed by atoms with Gasteiger partial charge in [0.25, 0.3) is 5.91 Å². The van der Waals surface area contributed by atoms with E-state index in [1.165, 1.54) is 17.6 Å². The van der Waals surface area contributed by atoms with Crippen LogP contribution in [0.3, 0.4) is 0 Å². The molecule has 0 aliphatic rings. The summed E-state index contributed by atoms with van der Waals surface area (Å²) in [5.74, 6) is 0.284. The first-order chi connectivity index (χ1) is 8.08. The quantitative estimate of drug-likeness (QED) is 0.853. The van der Waals surface area contributed by atoms with Gasteiger partial charge in [0.1, 0.15) is 0 Å². The second-order valence-corrected chi connectivity index (χ2v) is 5.60. The molecule has 0 aliphatic carbocycles. The van der Waals surface area contributed by atoms with E-state index in [1.807, 2.05) is 19.1 Å². The summed E-state index contributed by atoms with van der Waals surface area (Å²) in [4.78, 5) is 14.7. The third-order valence-electron chi connectivity index (χ3n) is 2.42. The van der Waals surface area contributed by atoms with Gasteiger partial charge in [-0.15, -0.1) is 11.3 Å². The molecule has 0 saturated heterocycles. The molecule has 0 spiro atoms. The highest BCUT2D eigenvalue weighted by Gasteiger charge is 2.17. The Bertz CT molecular complexity index is 532. The summed E-state index contributed by atoms with van der Waals surface area (Å²) < 4.78 is 5.91. The number of rotatable bonds is 3. The minimum atomic E-state index is -0.114. The SMILES string of the molecule is Cc1ccoc1C(=O)N(C)Cc1ccc(Cl)s1. The van der Waals surface area contributed by atoms with Crippen molar-refractivity contribution in [1.29, 1.82) is 0 Å². The molecule has 0 aromatic carbocycles. The predicted molar refractivity (Wildman–Crippen MR) is 68.6 cm³/mol. The first-order valence-corrected chi connectivity index (χ1v) is 6.31. The Balaban J connectivity index is 2.08. The van der Waals surface area contributed by atoms with Gasteiger partial charge in [-0.2, -0.15) is 0 Å². The van der Waals surface area contributed by atoms with E-state index in [2.05, 4.69) is 0 Å². The lowest BCUT2D eigenvalue weighted by molar-refractivity contribution is 0.0754. The van der Waals surface area contributed by atoms with Crippen LogP contribution in [0.4, 0.5) is 0 Å². The van der Waals surface area contributed by atoms with Gasteiger partial charge in [0.2, 0.25) is 0 Å². The lowest BCUT2D eigenvalue weighted by Crippen LogP contribution is -2.25. The van der Waals surface area contributed by atoms with Crippen molar-refractivity contribution in [1.82, 2.24) is 4.90 Å². The first kappa shape index (κ1) is 12.2. The van der Waals surface area contributed by atoms with Crippen molar-refractivity contribution in [3.05, 3.63) is 45.0 Å². The van der Waals surface area contributed by atoms with Crippen LogP contribution in [0.5, 0.6) is 0 Å². The molecular weight excluding hydrogens is 258 g/mol. The number of furan rings is 1. The molecule has 0 atom stereocenters. The average molecular weight is 270 g/mol. The van der Waals surface area contributed by atoms with Crippen LogP contribution in [0.25, 0.3) is 0 Å². The molecule has 0 N–H and O–H groups in total. The second kappa shape index (κ2) is 4.94. The molecule has 2 aromatic heterocycles. The number of nitrogens with zero attached hydrogens (tertiary/aromatic N) is 1. The molecule has 0 bridgehead atoms. The lowest BCUT2D eigenvalue weighted by atomic mass is 10.2. The number of amides is 1. The number of halogens is 1. The molecule has 90 valence electrons. The van der Waals surface area contributed by atoms with E-state index in [0.717, 1.165) is 14.8 Å². The number of carbonyl (C=O) groups is 1. The van der Waals surface area contributed by atoms with E-state index in [1.54, 1.807) is 18.0 Å². The summed E-state index contributed by atoms with van der Waals surface area (Å²) in [6.45, 7) is 2.39. The maximum absolute atomic E-state index is 12.0. The Kier molecular flexibility index (Phi) is 3.54. The van der Waals surface area contributed by atoms with Crippen LogP contribution in [0.1, 0.15) is 21.0 Å². The standard InChI is InChI=1S/C12H12ClNO2S/c1-8-5-6-16-11(8)12(15)14(2)7-9-3-4-10(13)17-9/h3-6H,7H2,1-2H3. The Morgan fingerprint density at radius 2 is 2.24 bits per heavy atom. The van der Waals surface area contributed by atoms with Crippen LogP contribution in [-0.4, -0.2) is 17.9 Å². The Hall–Kier alpha value is -1.26. The van der Waals surface area contributed by atoms with E-state index >= 15 is 0 Å². The highest BCUT2D eigenvalue weighted by Crippen LogP contribution is 2.23. The van der Waals surface area contributed by atoms with Crippen molar-refractivity contribution in [2.45, 2.75) is 13.5 Å². The van der Waals surface area contributed by atoms with Crippen LogP contribution in [-0.2, 0) is 6.54 Å². The molecule has 0 aliphatic heterocycles. The van der Waals surface area contributed by atoms with Gasteiger partial charge >= 0.3 is 0 Å². The third-order valence-corrected chi connectivity index (χ3v) is 3.64. The molecule has 0 radical (unpaired) electrons. The van der Waals surface area contributed by atoms with E-state index in [-0.39, 0.29) is 5.91 Å². The van der Waals surface area contributed by atoms with Crippen molar-refractivity contribution >= 4 is 28.8 Å². The number of aryl methyl sites for hydroxylation is 1. The number of hydrogen-bond donors (Lipinski definition) is 0. The van der Waals surface area contributed by atoms with Gasteiger partial charge < -0.3 is 9.32 Å². The lowest BCUT2D eigenvalue weighted by Gasteiger charge is -2.14. The monoisotopic (exact) mass is 269 g/mol. The second-order valence-electron chi connectivity index (χ2n) is 3.80. The van der Waals surface area contributed by atoms with Gasteiger partial charge in [0.05, 0.1) is 17.1 Å². The molecule has 0 fully saturated rings. The molecular formula is C12H12ClNO2S. The van der Waals surface area contributed by atoms with Gasteiger partial charge in [-0.1, -0.05) is 11.6 Å². The van der Waals surface area contributed by atoms with E-state index < -0.39 is 0 Å². The molecule has 0 saturated carbocycles. The molecule has 1 amide bonds. The number of hydrogen-bond acceptors (Lipinski definition) is 3. The van der Waals surface area contributed by atoms with Crippen LogP contribution < -0.4 is 0 Å². The third kappa shape index (κ3) is 2.70. The fourth-order valence-corrected chi connectivity index (χ4v) is 2.65. The topological polar surface area (TPSA) is 33.5 Å². The Labute approximate surface area is 109 Å². The van der Waals surface area contributed by atoms with Crippen LogP contribution in [0.15, 0.2) is 28.9 Å². The highest BCUT2D eigenvalue weighted by molar-refractivity contribution is 7.16. The molecule has 2 heterocycles. The van der Waals surface area contributed by atoms with E-state index in [9.17, 15) is 4.79 Å². The van der Waals surface area contributed by atoms with Gasteiger partial charge in [0, 0.05) is 17.5 Å². The highest BCUT2D eigenvalue weighted by atomic mass is 35.5. The minimum absolute atomic E-state index is 0.114. The predicted octanol–water partition coefficient (Wildman–Crippen LogP) is 3.58. The van der Waals surface area contributed by atoms with Crippen molar-refractivity contribution in [3.8, 4) is 0 Å². The molecule has 3 nitrogen and oxygen atoms in total. The Morgan fingerprint density at radius 1 is 1.47 bits per heavy atom. The average Bonchev–Trinajstić information content (AvgIpc) is 2.86. The van der Waals surface area contributed by atoms with Crippen molar-refractivity contribution in [3.63, 3.8) is 0 Å². The van der Waals surface area contributed by atoms with Gasteiger partial charge in [-0.3, -0.25) is 4.79 Å². The van der Waals surface area contributed by atoms with Crippen LogP contribution >= 0.6 is 22.9 Å². The summed E-state index contributed by atoms with van der Waals surface area (Å²) in [6.07, 6.45) is 1.53. The Morgan fingerprint density at radius 3 is 2.76 bits per heavy atom. The zero-order chi connectivity index (χ0) is 12.4. The van der Waals surface area contributed by atoms with Gasteiger partial charge in [-0.05, 0) is 25.1 Å². The van der Waals surface area contributed by atoms with Gasteiger partial charge in [0.15, 0.2) is 5.76 Å². The normalized spacial score (nSPS) is 10.5. The zero-order valence-corrected chi connectivity index (χ0v) is 11.1. The first-order valence-electron chi connectivity index (χ1n) is 5.11. The molecule has 0 unspecified atom stereocenters. The van der Waals surface area contributed by atoms with Gasteiger partial charge in [-0.25, -0.2) is 0 Å². The van der Waals surface area contributed by atoms with Crippen molar-refractivity contribution in [2.24, 2.45) is 0 Å². The molecule has 2 aromatic rings. The fourth-order valence-electron chi connectivity index (χ4n) is 1.51. The van der Waals surface area contributed by atoms with Crippen molar-refractivity contribution in [2.75, 3.05) is 7.05 Å². The minimum Gasteiger partial charge on any atom is -0.459 e. The summed E-state index contributed by atoms with van der Waals surface area (Å²) in [5, 5.41) is 0. The molecule has 5 heteroatoms. The largest absolute Gasteiger partial charge is 0.459 e. The number of thiophene rings is 1. The summed E-state index contributed by atoms with van der Waals surface area (Å²) >= 11 is 7.32. The summed E-state index contributed by atoms with van der Waals surface area (Å²) in [7, 11) is 1.75. The van der Waals surface area contributed by atoms with E-state index in [4.69, 9.17) is 16.0 Å². The van der Waals surface area contributed by atoms with E-state index in [0.29, 0.717) is 12.3 Å². The van der Waals surface area contributed by atoms with Crippen molar-refractivity contribution < 1.29 is 9.21 Å². The smallest absolute Gasteiger partial charge is 0.289 e. The van der Waals surface area contributed by atoms with Crippen LogP contribution in [0, 0.1) is 6.92 Å². The molecule has 2 rings (SSSR count). The maximum atomic E-state index is 12.0. The summed E-state index contributed by atoms with van der Waals surface area (Å²) in [6, 6.07) is 5.53.